The van der Waals surface area contributed by atoms with Crippen molar-refractivity contribution in [1.29, 1.82) is 0 Å². The molecule has 100 valence electrons. The summed E-state index contributed by atoms with van der Waals surface area (Å²) in [4.78, 5) is 35.0. The van der Waals surface area contributed by atoms with Crippen LogP contribution in [0.2, 0.25) is 0 Å². The maximum Gasteiger partial charge on any atom is 0.337 e. The van der Waals surface area contributed by atoms with Crippen LogP contribution >= 0.6 is 0 Å². The molecule has 2 rings (SSSR count). The minimum Gasteiger partial charge on any atom is -0.478 e. The van der Waals surface area contributed by atoms with Crippen LogP contribution in [0.1, 0.15) is 29.6 Å². The van der Waals surface area contributed by atoms with Crippen LogP contribution in [0.4, 0.5) is 14.5 Å². The normalized spacial score (nSPS) is 15.8. The van der Waals surface area contributed by atoms with E-state index in [4.69, 9.17) is 5.11 Å². The SMILES string of the molecule is O=C(O)c1cc(F)c(F)cc1N1C(=O)CCCC1=O. The highest BCUT2D eigenvalue weighted by Gasteiger charge is 2.31. The van der Waals surface area contributed by atoms with Crippen molar-refractivity contribution < 1.29 is 28.3 Å². The van der Waals surface area contributed by atoms with Crippen molar-refractivity contribution in [3.63, 3.8) is 0 Å². The van der Waals surface area contributed by atoms with Crippen LogP contribution < -0.4 is 4.90 Å². The van der Waals surface area contributed by atoms with E-state index in [0.29, 0.717) is 23.5 Å². The summed E-state index contributed by atoms with van der Waals surface area (Å²) in [6.07, 6.45) is 0.480. The first-order valence-electron chi connectivity index (χ1n) is 5.50. The van der Waals surface area contributed by atoms with Gasteiger partial charge >= 0.3 is 5.97 Å². The van der Waals surface area contributed by atoms with Crippen molar-refractivity contribution in [2.24, 2.45) is 0 Å². The standard InChI is InChI=1S/C12H9F2NO4/c13-7-4-6(12(18)19)9(5-8(7)14)15-10(16)2-1-3-11(15)17/h4-5H,1-3H2,(H,18,19). The van der Waals surface area contributed by atoms with Gasteiger partial charge in [-0.3, -0.25) is 9.59 Å². The molecule has 0 unspecified atom stereocenters. The molecule has 1 fully saturated rings. The van der Waals surface area contributed by atoms with E-state index in [9.17, 15) is 23.2 Å². The molecular formula is C12H9F2NO4. The number of piperidine rings is 1. The summed E-state index contributed by atoms with van der Waals surface area (Å²) in [5.41, 5.74) is -1.05. The largest absolute Gasteiger partial charge is 0.478 e. The zero-order valence-electron chi connectivity index (χ0n) is 9.65. The molecule has 0 saturated carbocycles. The van der Waals surface area contributed by atoms with E-state index in [2.05, 4.69) is 0 Å². The molecule has 7 heteroatoms. The highest BCUT2D eigenvalue weighted by atomic mass is 19.2. The van der Waals surface area contributed by atoms with Crippen molar-refractivity contribution in [3.8, 4) is 0 Å². The fourth-order valence-corrected chi connectivity index (χ4v) is 1.91. The Morgan fingerprint density at radius 1 is 1.11 bits per heavy atom. The molecule has 5 nitrogen and oxygen atoms in total. The van der Waals surface area contributed by atoms with Crippen molar-refractivity contribution in [3.05, 3.63) is 29.3 Å². The van der Waals surface area contributed by atoms with Gasteiger partial charge in [-0.1, -0.05) is 0 Å². The third-order valence-electron chi connectivity index (χ3n) is 2.79. The van der Waals surface area contributed by atoms with Crippen molar-refractivity contribution in [2.75, 3.05) is 4.90 Å². The van der Waals surface area contributed by atoms with E-state index >= 15 is 0 Å². The van der Waals surface area contributed by atoms with Gasteiger partial charge in [0.2, 0.25) is 11.8 Å². The Hall–Kier alpha value is -2.31. The number of nitrogens with zero attached hydrogens (tertiary/aromatic N) is 1. The van der Waals surface area contributed by atoms with E-state index < -0.39 is 40.7 Å². The molecule has 1 aromatic carbocycles. The Balaban J connectivity index is 2.59. The number of amides is 2. The second-order valence-electron chi connectivity index (χ2n) is 4.07. The number of halogens is 2. The third-order valence-corrected chi connectivity index (χ3v) is 2.79. The van der Waals surface area contributed by atoms with Crippen LogP contribution in [-0.4, -0.2) is 22.9 Å². The predicted octanol–water partition coefficient (Wildman–Crippen LogP) is 1.71. The molecule has 0 aromatic heterocycles. The van der Waals surface area contributed by atoms with E-state index in [1.54, 1.807) is 0 Å². The average molecular weight is 269 g/mol. The monoisotopic (exact) mass is 269 g/mol. The Morgan fingerprint density at radius 3 is 2.16 bits per heavy atom. The quantitative estimate of drug-likeness (QED) is 0.829. The summed E-state index contributed by atoms with van der Waals surface area (Å²) in [6.45, 7) is 0. The van der Waals surface area contributed by atoms with Gasteiger partial charge in [0, 0.05) is 18.9 Å². The highest BCUT2D eigenvalue weighted by Crippen LogP contribution is 2.28. The summed E-state index contributed by atoms with van der Waals surface area (Å²) in [5.74, 6) is -5.45. The zero-order chi connectivity index (χ0) is 14.2. The van der Waals surface area contributed by atoms with Gasteiger partial charge < -0.3 is 5.11 Å². The first-order chi connectivity index (χ1) is 8.91. The molecule has 1 N–H and O–H groups in total. The van der Waals surface area contributed by atoms with Gasteiger partial charge in [-0.05, 0) is 12.5 Å². The topological polar surface area (TPSA) is 74.7 Å². The smallest absolute Gasteiger partial charge is 0.337 e. The molecule has 1 saturated heterocycles. The summed E-state index contributed by atoms with van der Waals surface area (Å²) in [6, 6.07) is 1.02. The molecular weight excluding hydrogens is 260 g/mol. The lowest BCUT2D eigenvalue weighted by molar-refractivity contribution is -0.129. The molecule has 0 atom stereocenters. The Bertz CT molecular complexity index is 569. The molecule has 1 heterocycles. The number of anilines is 1. The van der Waals surface area contributed by atoms with Gasteiger partial charge in [0.1, 0.15) is 0 Å². The fourth-order valence-electron chi connectivity index (χ4n) is 1.91. The van der Waals surface area contributed by atoms with Gasteiger partial charge in [0.05, 0.1) is 11.3 Å². The number of carboxylic acid groups (broad SMARTS) is 1. The second kappa shape index (κ2) is 4.75. The van der Waals surface area contributed by atoms with Gasteiger partial charge in [0.25, 0.3) is 0 Å². The third kappa shape index (κ3) is 2.31. The van der Waals surface area contributed by atoms with Crippen LogP contribution in [0.15, 0.2) is 12.1 Å². The van der Waals surface area contributed by atoms with Crippen LogP contribution in [0.25, 0.3) is 0 Å². The fraction of sp³-hybridized carbons (Fsp3) is 0.250. The van der Waals surface area contributed by atoms with Crippen molar-refractivity contribution >= 4 is 23.5 Å². The number of carboxylic acids is 1. The molecule has 19 heavy (non-hydrogen) atoms. The number of carbonyl (C=O) groups is 3. The number of hydrogen-bond acceptors (Lipinski definition) is 3. The van der Waals surface area contributed by atoms with Gasteiger partial charge in [-0.15, -0.1) is 0 Å². The molecule has 0 spiro atoms. The second-order valence-corrected chi connectivity index (χ2v) is 4.07. The van der Waals surface area contributed by atoms with E-state index in [1.165, 1.54) is 0 Å². The maximum atomic E-state index is 13.2. The number of aromatic carboxylic acids is 1. The van der Waals surface area contributed by atoms with E-state index in [0.717, 1.165) is 0 Å². The van der Waals surface area contributed by atoms with E-state index in [-0.39, 0.29) is 12.8 Å². The molecule has 1 aromatic rings. The molecule has 1 aliphatic rings. The first kappa shape index (κ1) is 13.1. The lowest BCUT2D eigenvalue weighted by Gasteiger charge is -2.26. The van der Waals surface area contributed by atoms with Crippen LogP contribution in [0, 0.1) is 11.6 Å². The lowest BCUT2D eigenvalue weighted by atomic mass is 10.1. The maximum absolute atomic E-state index is 13.2. The highest BCUT2D eigenvalue weighted by molar-refractivity contribution is 6.18. The minimum atomic E-state index is -1.54. The lowest BCUT2D eigenvalue weighted by Crippen LogP contribution is -2.41. The molecule has 1 aliphatic heterocycles. The number of benzene rings is 1. The Labute approximate surface area is 106 Å². The predicted molar refractivity (Wildman–Crippen MR) is 59.7 cm³/mol. The Kier molecular flexibility index (Phi) is 3.28. The Morgan fingerprint density at radius 2 is 1.63 bits per heavy atom. The summed E-state index contributed by atoms with van der Waals surface area (Å²) >= 11 is 0. The number of carbonyl (C=O) groups excluding carboxylic acids is 2. The van der Waals surface area contributed by atoms with Crippen molar-refractivity contribution in [2.45, 2.75) is 19.3 Å². The zero-order valence-corrected chi connectivity index (χ0v) is 9.65. The number of hydrogen-bond donors (Lipinski definition) is 1. The molecule has 0 radical (unpaired) electrons. The summed E-state index contributed by atoms with van der Waals surface area (Å²) < 4.78 is 26.3. The van der Waals surface area contributed by atoms with Crippen LogP contribution in [0.5, 0.6) is 0 Å². The molecule has 0 bridgehead atoms. The first-order valence-corrected chi connectivity index (χ1v) is 5.50. The number of rotatable bonds is 2. The van der Waals surface area contributed by atoms with Gasteiger partial charge in [-0.2, -0.15) is 0 Å². The summed E-state index contributed by atoms with van der Waals surface area (Å²) in [5, 5.41) is 8.95. The van der Waals surface area contributed by atoms with Crippen LogP contribution in [0.3, 0.4) is 0 Å². The minimum absolute atomic E-state index is 0.0593. The van der Waals surface area contributed by atoms with E-state index in [1.807, 2.05) is 0 Å². The molecule has 2 amide bonds. The van der Waals surface area contributed by atoms with Crippen molar-refractivity contribution in [1.82, 2.24) is 0 Å². The van der Waals surface area contributed by atoms with Gasteiger partial charge in [-0.25, -0.2) is 18.5 Å². The molecule has 0 aliphatic carbocycles. The van der Waals surface area contributed by atoms with Crippen LogP contribution in [-0.2, 0) is 9.59 Å². The van der Waals surface area contributed by atoms with Gasteiger partial charge in [0.15, 0.2) is 11.6 Å². The summed E-state index contributed by atoms with van der Waals surface area (Å²) in [7, 11) is 0. The average Bonchev–Trinajstić information content (AvgIpc) is 2.32. The number of imide groups is 1.